The van der Waals surface area contributed by atoms with Gasteiger partial charge in [0.05, 0.1) is 12.6 Å². The van der Waals surface area contributed by atoms with Crippen molar-refractivity contribution in [2.45, 2.75) is 26.4 Å². The third kappa shape index (κ3) is 3.40. The van der Waals surface area contributed by atoms with Crippen LogP contribution in [0.25, 0.3) is 0 Å². The highest BCUT2D eigenvalue weighted by atomic mass is 16.5. The molecule has 0 fully saturated rings. The van der Waals surface area contributed by atoms with Gasteiger partial charge in [-0.25, -0.2) is 0 Å². The van der Waals surface area contributed by atoms with Gasteiger partial charge in [0.2, 0.25) is 0 Å². The van der Waals surface area contributed by atoms with E-state index in [0.29, 0.717) is 18.7 Å². The summed E-state index contributed by atoms with van der Waals surface area (Å²) >= 11 is 0. The summed E-state index contributed by atoms with van der Waals surface area (Å²) in [6, 6.07) is 11.3. The zero-order chi connectivity index (χ0) is 15.4. The second kappa shape index (κ2) is 6.70. The fraction of sp³-hybridized carbons (Fsp3) is 0.353. The summed E-state index contributed by atoms with van der Waals surface area (Å²) in [5.41, 5.74) is 9.87. The van der Waals surface area contributed by atoms with Gasteiger partial charge in [-0.05, 0) is 31.5 Å². The number of benzene rings is 1. The zero-order valence-electron chi connectivity index (χ0n) is 12.8. The third-order valence-electron chi connectivity index (χ3n) is 3.71. The summed E-state index contributed by atoms with van der Waals surface area (Å²) < 4.78 is 6.78. The maximum Gasteiger partial charge on any atom is 0.255 e. The van der Waals surface area contributed by atoms with Crippen LogP contribution in [-0.2, 0) is 11.3 Å². The van der Waals surface area contributed by atoms with Crippen molar-refractivity contribution in [1.29, 1.82) is 0 Å². The third-order valence-corrected chi connectivity index (χ3v) is 3.71. The molecule has 0 saturated heterocycles. The predicted octanol–water partition coefficient (Wildman–Crippen LogP) is 2.16. The molecule has 112 valence electrons. The van der Waals surface area contributed by atoms with Crippen molar-refractivity contribution in [1.82, 2.24) is 4.57 Å². The molecule has 0 aliphatic heterocycles. The van der Waals surface area contributed by atoms with Gasteiger partial charge in [-0.15, -0.1) is 0 Å². The first kappa shape index (κ1) is 15.5. The molecule has 1 atom stereocenters. The molecule has 1 aromatic carbocycles. The minimum Gasteiger partial charge on any atom is -0.383 e. The minimum absolute atomic E-state index is 0.0416. The maximum absolute atomic E-state index is 12.6. The monoisotopic (exact) mass is 286 g/mol. The minimum atomic E-state index is -0.410. The van der Waals surface area contributed by atoms with Crippen molar-refractivity contribution in [2.24, 2.45) is 5.73 Å². The lowest BCUT2D eigenvalue weighted by atomic mass is 9.99. The Morgan fingerprint density at radius 1 is 1.14 bits per heavy atom. The molecule has 1 heterocycles. The molecule has 1 aromatic heterocycles. The van der Waals surface area contributed by atoms with Gasteiger partial charge in [0.15, 0.2) is 0 Å². The summed E-state index contributed by atoms with van der Waals surface area (Å²) in [6.45, 7) is 4.98. The molecule has 0 aliphatic rings. The molecule has 2 aromatic rings. The highest BCUT2D eigenvalue weighted by molar-refractivity contribution is 5.32. The van der Waals surface area contributed by atoms with E-state index in [2.05, 4.69) is 0 Å². The van der Waals surface area contributed by atoms with Gasteiger partial charge < -0.3 is 15.0 Å². The first-order valence-corrected chi connectivity index (χ1v) is 7.06. The van der Waals surface area contributed by atoms with E-state index in [-0.39, 0.29) is 5.56 Å². The molecular weight excluding hydrogens is 264 g/mol. The molecule has 0 amide bonds. The smallest absolute Gasteiger partial charge is 0.255 e. The number of nitrogens with two attached hydrogens (primary N) is 1. The van der Waals surface area contributed by atoms with Gasteiger partial charge in [0, 0.05) is 24.9 Å². The van der Waals surface area contributed by atoms with E-state index in [4.69, 9.17) is 10.5 Å². The van der Waals surface area contributed by atoms with Crippen LogP contribution in [-0.4, -0.2) is 18.3 Å². The fourth-order valence-electron chi connectivity index (χ4n) is 2.34. The number of rotatable bonds is 5. The van der Waals surface area contributed by atoms with Crippen molar-refractivity contribution in [2.75, 3.05) is 13.7 Å². The van der Waals surface area contributed by atoms with Crippen molar-refractivity contribution >= 4 is 0 Å². The summed E-state index contributed by atoms with van der Waals surface area (Å²) in [4.78, 5) is 12.6. The van der Waals surface area contributed by atoms with E-state index < -0.39 is 6.04 Å². The van der Waals surface area contributed by atoms with Crippen LogP contribution in [0, 0.1) is 13.8 Å². The van der Waals surface area contributed by atoms with Gasteiger partial charge in [-0.2, -0.15) is 0 Å². The SMILES string of the molecule is COCCn1c(C)ccc(C(N)c2ccc(C)cc2)c1=O. The highest BCUT2D eigenvalue weighted by Gasteiger charge is 2.15. The molecule has 0 radical (unpaired) electrons. The lowest BCUT2D eigenvalue weighted by molar-refractivity contribution is 0.185. The fourth-order valence-corrected chi connectivity index (χ4v) is 2.34. The van der Waals surface area contributed by atoms with Gasteiger partial charge >= 0.3 is 0 Å². The van der Waals surface area contributed by atoms with Gasteiger partial charge in [-0.1, -0.05) is 29.8 Å². The lowest BCUT2D eigenvalue weighted by Gasteiger charge is -2.16. The number of aromatic nitrogens is 1. The summed E-state index contributed by atoms with van der Waals surface area (Å²) in [5, 5.41) is 0. The van der Waals surface area contributed by atoms with Crippen molar-refractivity contribution in [3.63, 3.8) is 0 Å². The van der Waals surface area contributed by atoms with Crippen LogP contribution >= 0.6 is 0 Å². The topological polar surface area (TPSA) is 57.2 Å². The van der Waals surface area contributed by atoms with Gasteiger partial charge in [0.25, 0.3) is 5.56 Å². The Kier molecular flexibility index (Phi) is 4.94. The van der Waals surface area contributed by atoms with Crippen LogP contribution in [0.5, 0.6) is 0 Å². The van der Waals surface area contributed by atoms with Gasteiger partial charge in [0.1, 0.15) is 0 Å². The van der Waals surface area contributed by atoms with E-state index in [1.165, 1.54) is 5.56 Å². The molecule has 4 heteroatoms. The molecule has 4 nitrogen and oxygen atoms in total. The zero-order valence-corrected chi connectivity index (χ0v) is 12.8. The first-order valence-electron chi connectivity index (χ1n) is 7.06. The number of aryl methyl sites for hydroxylation is 2. The number of nitrogens with zero attached hydrogens (tertiary/aromatic N) is 1. The summed E-state index contributed by atoms with van der Waals surface area (Å²) in [5.74, 6) is 0. The normalized spacial score (nSPS) is 12.4. The standard InChI is InChI=1S/C17H22N2O2/c1-12-4-7-14(8-5-12)16(18)15-9-6-13(2)19(17(15)20)10-11-21-3/h4-9,16H,10-11,18H2,1-3H3. The Balaban J connectivity index is 2.39. The average molecular weight is 286 g/mol. The molecule has 0 spiro atoms. The second-order valence-corrected chi connectivity index (χ2v) is 5.27. The number of hydrogen-bond donors (Lipinski definition) is 1. The molecule has 21 heavy (non-hydrogen) atoms. The Morgan fingerprint density at radius 3 is 2.43 bits per heavy atom. The second-order valence-electron chi connectivity index (χ2n) is 5.27. The molecule has 0 aliphatic carbocycles. The van der Waals surface area contributed by atoms with E-state index in [0.717, 1.165) is 11.3 Å². The molecule has 1 unspecified atom stereocenters. The Morgan fingerprint density at radius 2 is 1.81 bits per heavy atom. The number of hydrogen-bond acceptors (Lipinski definition) is 3. The highest BCUT2D eigenvalue weighted by Crippen LogP contribution is 2.17. The van der Waals surface area contributed by atoms with E-state index >= 15 is 0 Å². The van der Waals surface area contributed by atoms with E-state index in [1.54, 1.807) is 11.7 Å². The van der Waals surface area contributed by atoms with Crippen molar-refractivity contribution < 1.29 is 4.74 Å². The van der Waals surface area contributed by atoms with Crippen LogP contribution in [0.15, 0.2) is 41.2 Å². The van der Waals surface area contributed by atoms with Crippen LogP contribution in [0.4, 0.5) is 0 Å². The van der Waals surface area contributed by atoms with E-state index in [9.17, 15) is 4.79 Å². The quantitative estimate of drug-likeness (QED) is 0.916. The van der Waals surface area contributed by atoms with Crippen LogP contribution < -0.4 is 11.3 Å². The Bertz CT molecular complexity index is 659. The summed E-state index contributed by atoms with van der Waals surface area (Å²) in [6.07, 6.45) is 0. The molecule has 2 rings (SSSR count). The lowest BCUT2D eigenvalue weighted by Crippen LogP contribution is -2.31. The molecule has 0 bridgehead atoms. The van der Waals surface area contributed by atoms with E-state index in [1.807, 2.05) is 50.2 Å². The van der Waals surface area contributed by atoms with Crippen LogP contribution in [0.2, 0.25) is 0 Å². The predicted molar refractivity (Wildman–Crippen MR) is 84.5 cm³/mol. The van der Waals surface area contributed by atoms with Crippen LogP contribution in [0.3, 0.4) is 0 Å². The summed E-state index contributed by atoms with van der Waals surface area (Å²) in [7, 11) is 1.63. The largest absolute Gasteiger partial charge is 0.383 e. The molecular formula is C17H22N2O2. The van der Waals surface area contributed by atoms with Crippen LogP contribution in [0.1, 0.15) is 28.4 Å². The number of pyridine rings is 1. The first-order chi connectivity index (χ1) is 10.0. The van der Waals surface area contributed by atoms with Gasteiger partial charge in [-0.3, -0.25) is 4.79 Å². The van der Waals surface area contributed by atoms with Crippen molar-refractivity contribution in [3.8, 4) is 0 Å². The maximum atomic E-state index is 12.6. The van der Waals surface area contributed by atoms with Crippen molar-refractivity contribution in [3.05, 3.63) is 69.1 Å². The Labute approximate surface area is 125 Å². The molecule has 0 saturated carbocycles. The molecule has 2 N–H and O–H groups in total. The number of methoxy groups -OCH3 is 1. The number of ether oxygens (including phenoxy) is 1. The Hall–Kier alpha value is -1.91. The average Bonchev–Trinajstić information content (AvgIpc) is 2.47.